The van der Waals surface area contributed by atoms with Crippen molar-refractivity contribution in [2.24, 2.45) is 0 Å². The smallest absolute Gasteiger partial charge is 0.239 e. The average Bonchev–Trinajstić information content (AvgIpc) is 2.52. The molecule has 0 bridgehead atoms. The molecule has 1 aliphatic heterocycles. The second-order valence-electron chi connectivity index (χ2n) is 4.55. The van der Waals surface area contributed by atoms with Crippen molar-refractivity contribution < 1.29 is 22.7 Å². The number of amides is 1. The van der Waals surface area contributed by atoms with Crippen molar-refractivity contribution in [2.75, 3.05) is 36.3 Å². The summed E-state index contributed by atoms with van der Waals surface area (Å²) in [4.78, 5) is 11.6. The van der Waals surface area contributed by atoms with E-state index in [9.17, 15) is 13.2 Å². The van der Waals surface area contributed by atoms with E-state index in [4.69, 9.17) is 15.2 Å². The SMILES string of the molecule is CS(=O)(=O)CC(=O)Nc1cc2c(cc1N)OCCCO2. The first-order valence-corrected chi connectivity index (χ1v) is 8.08. The number of fused-ring (bicyclic) bond motifs is 1. The van der Waals surface area contributed by atoms with Gasteiger partial charge in [0.05, 0.1) is 24.6 Å². The van der Waals surface area contributed by atoms with Crippen molar-refractivity contribution in [3.05, 3.63) is 12.1 Å². The number of ether oxygens (including phenoxy) is 2. The largest absolute Gasteiger partial charge is 0.489 e. The zero-order valence-corrected chi connectivity index (χ0v) is 11.8. The van der Waals surface area contributed by atoms with Crippen molar-refractivity contribution in [1.29, 1.82) is 0 Å². The van der Waals surface area contributed by atoms with Crippen LogP contribution in [0.1, 0.15) is 6.42 Å². The standard InChI is InChI=1S/C12H16N2O5S/c1-20(16,17)7-12(15)14-9-6-11-10(5-8(9)13)18-3-2-4-19-11/h5-6H,2-4,7,13H2,1H3,(H,14,15). The molecule has 1 heterocycles. The first-order valence-electron chi connectivity index (χ1n) is 6.02. The maximum Gasteiger partial charge on any atom is 0.239 e. The van der Waals surface area contributed by atoms with Crippen molar-refractivity contribution in [1.82, 2.24) is 0 Å². The number of carbonyl (C=O) groups is 1. The number of nitrogens with two attached hydrogens (primary N) is 1. The van der Waals surface area contributed by atoms with Gasteiger partial charge in [-0.1, -0.05) is 0 Å². The Labute approximate surface area is 117 Å². The molecule has 20 heavy (non-hydrogen) atoms. The predicted octanol–water partition coefficient (Wildman–Crippen LogP) is 0.413. The second-order valence-corrected chi connectivity index (χ2v) is 6.70. The number of benzene rings is 1. The highest BCUT2D eigenvalue weighted by Gasteiger charge is 2.16. The number of carbonyl (C=O) groups excluding carboxylic acids is 1. The van der Waals surface area contributed by atoms with Crippen LogP contribution in [0.15, 0.2) is 12.1 Å². The molecule has 1 aromatic carbocycles. The molecular weight excluding hydrogens is 284 g/mol. The molecule has 1 aromatic rings. The van der Waals surface area contributed by atoms with Crippen molar-refractivity contribution in [2.45, 2.75) is 6.42 Å². The van der Waals surface area contributed by atoms with E-state index in [2.05, 4.69) is 5.32 Å². The van der Waals surface area contributed by atoms with E-state index in [0.717, 1.165) is 12.7 Å². The molecule has 0 atom stereocenters. The normalized spacial score (nSPS) is 14.4. The molecule has 0 spiro atoms. The molecule has 110 valence electrons. The van der Waals surface area contributed by atoms with Gasteiger partial charge in [-0.2, -0.15) is 0 Å². The fourth-order valence-corrected chi connectivity index (χ4v) is 2.31. The van der Waals surface area contributed by atoms with Gasteiger partial charge in [0, 0.05) is 24.8 Å². The number of sulfone groups is 1. The monoisotopic (exact) mass is 300 g/mol. The molecule has 0 saturated heterocycles. The van der Waals surface area contributed by atoms with E-state index in [1.807, 2.05) is 0 Å². The predicted molar refractivity (Wildman–Crippen MR) is 74.8 cm³/mol. The van der Waals surface area contributed by atoms with Crippen LogP contribution in [0, 0.1) is 0 Å². The minimum atomic E-state index is -3.39. The Kier molecular flexibility index (Phi) is 4.03. The van der Waals surface area contributed by atoms with Gasteiger partial charge in [-0.3, -0.25) is 4.79 Å². The Bertz CT molecular complexity index is 627. The average molecular weight is 300 g/mol. The van der Waals surface area contributed by atoms with Crippen LogP contribution in [-0.2, 0) is 14.6 Å². The molecule has 0 radical (unpaired) electrons. The molecule has 1 amide bonds. The maximum absolute atomic E-state index is 11.6. The maximum atomic E-state index is 11.6. The van der Waals surface area contributed by atoms with Crippen molar-refractivity contribution in [3.63, 3.8) is 0 Å². The summed E-state index contributed by atoms with van der Waals surface area (Å²) < 4.78 is 33.0. The van der Waals surface area contributed by atoms with Gasteiger partial charge in [-0.05, 0) is 0 Å². The molecule has 0 fully saturated rings. The van der Waals surface area contributed by atoms with Crippen LogP contribution in [0.3, 0.4) is 0 Å². The van der Waals surface area contributed by atoms with Crippen LogP contribution in [0.25, 0.3) is 0 Å². The lowest BCUT2D eigenvalue weighted by atomic mass is 10.2. The summed E-state index contributed by atoms with van der Waals surface area (Å²) in [5, 5.41) is 2.46. The number of anilines is 2. The highest BCUT2D eigenvalue weighted by atomic mass is 32.2. The Morgan fingerprint density at radius 3 is 2.50 bits per heavy atom. The number of nitrogens with one attached hydrogen (secondary N) is 1. The van der Waals surface area contributed by atoms with Crippen LogP contribution in [0.4, 0.5) is 11.4 Å². The van der Waals surface area contributed by atoms with Gasteiger partial charge >= 0.3 is 0 Å². The lowest BCUT2D eigenvalue weighted by Crippen LogP contribution is -2.22. The first-order chi connectivity index (χ1) is 9.35. The summed E-state index contributed by atoms with van der Waals surface area (Å²) in [6.45, 7) is 1.04. The molecule has 0 aromatic heterocycles. The molecule has 3 N–H and O–H groups in total. The quantitative estimate of drug-likeness (QED) is 0.783. The molecule has 0 unspecified atom stereocenters. The van der Waals surface area contributed by atoms with E-state index >= 15 is 0 Å². The number of rotatable bonds is 3. The van der Waals surface area contributed by atoms with E-state index in [-0.39, 0.29) is 5.69 Å². The van der Waals surface area contributed by atoms with Crippen LogP contribution >= 0.6 is 0 Å². The first kappa shape index (κ1) is 14.4. The number of hydrogen-bond acceptors (Lipinski definition) is 6. The molecule has 8 heteroatoms. The second kappa shape index (κ2) is 5.58. The summed E-state index contributed by atoms with van der Waals surface area (Å²) in [7, 11) is -3.39. The molecule has 7 nitrogen and oxygen atoms in total. The zero-order chi connectivity index (χ0) is 14.8. The summed E-state index contributed by atoms with van der Waals surface area (Å²) in [6.07, 6.45) is 1.74. The summed E-state index contributed by atoms with van der Waals surface area (Å²) in [5.74, 6) is -0.248. The Hall–Kier alpha value is -1.96. The third-order valence-corrected chi connectivity index (χ3v) is 3.37. The lowest BCUT2D eigenvalue weighted by Gasteiger charge is -2.13. The molecule has 0 aliphatic carbocycles. The van der Waals surface area contributed by atoms with Gasteiger partial charge in [0.1, 0.15) is 5.75 Å². The van der Waals surface area contributed by atoms with Crippen LogP contribution in [0.5, 0.6) is 11.5 Å². The van der Waals surface area contributed by atoms with E-state index in [1.165, 1.54) is 6.07 Å². The molecule has 1 aliphatic rings. The number of nitrogen functional groups attached to an aromatic ring is 1. The highest BCUT2D eigenvalue weighted by Crippen LogP contribution is 2.36. The van der Waals surface area contributed by atoms with Gasteiger partial charge < -0.3 is 20.5 Å². The van der Waals surface area contributed by atoms with Crippen LogP contribution in [0.2, 0.25) is 0 Å². The van der Waals surface area contributed by atoms with Gasteiger partial charge in [0.25, 0.3) is 0 Å². The fraction of sp³-hybridized carbons (Fsp3) is 0.417. The van der Waals surface area contributed by atoms with E-state index in [1.54, 1.807) is 6.07 Å². The Morgan fingerprint density at radius 2 is 1.90 bits per heavy atom. The molecule has 0 saturated carbocycles. The van der Waals surface area contributed by atoms with Gasteiger partial charge in [-0.25, -0.2) is 8.42 Å². The zero-order valence-electron chi connectivity index (χ0n) is 11.0. The van der Waals surface area contributed by atoms with Crippen LogP contribution in [-0.4, -0.2) is 39.5 Å². The molecular formula is C12H16N2O5S. The van der Waals surface area contributed by atoms with Crippen molar-refractivity contribution >= 4 is 27.1 Å². The third-order valence-electron chi connectivity index (χ3n) is 2.59. The van der Waals surface area contributed by atoms with Crippen molar-refractivity contribution in [3.8, 4) is 11.5 Å². The minimum Gasteiger partial charge on any atom is -0.489 e. The summed E-state index contributed by atoms with van der Waals surface area (Å²) in [5.41, 5.74) is 6.40. The van der Waals surface area contributed by atoms with Gasteiger partial charge in [0.15, 0.2) is 21.3 Å². The molecule has 2 rings (SSSR count). The highest BCUT2D eigenvalue weighted by molar-refractivity contribution is 7.91. The Balaban J connectivity index is 2.20. The van der Waals surface area contributed by atoms with Gasteiger partial charge in [0.2, 0.25) is 5.91 Å². The summed E-state index contributed by atoms with van der Waals surface area (Å²) in [6, 6.07) is 3.09. The van der Waals surface area contributed by atoms with E-state index < -0.39 is 21.5 Å². The third kappa shape index (κ3) is 3.77. The topological polar surface area (TPSA) is 108 Å². The number of hydrogen-bond donors (Lipinski definition) is 2. The van der Waals surface area contributed by atoms with Gasteiger partial charge in [-0.15, -0.1) is 0 Å². The lowest BCUT2D eigenvalue weighted by molar-refractivity contribution is -0.113. The van der Waals surface area contributed by atoms with E-state index in [0.29, 0.717) is 30.4 Å². The fourth-order valence-electron chi connectivity index (χ4n) is 1.76. The summed E-state index contributed by atoms with van der Waals surface area (Å²) >= 11 is 0. The van der Waals surface area contributed by atoms with Crippen LogP contribution < -0.4 is 20.5 Å². The Morgan fingerprint density at radius 1 is 1.30 bits per heavy atom. The minimum absolute atomic E-state index is 0.288.